The summed E-state index contributed by atoms with van der Waals surface area (Å²) in [5.74, 6) is 1.66. The van der Waals surface area contributed by atoms with Crippen molar-refractivity contribution in [3.05, 3.63) is 83.4 Å². The van der Waals surface area contributed by atoms with Crippen molar-refractivity contribution < 1.29 is 28.5 Å². The molecule has 0 bridgehead atoms. The van der Waals surface area contributed by atoms with Gasteiger partial charge in [-0.15, -0.1) is 0 Å². The number of nitrogens with one attached hydrogen (secondary N) is 2. The van der Waals surface area contributed by atoms with Crippen LogP contribution in [0.2, 0.25) is 0 Å². The zero-order valence-corrected chi connectivity index (χ0v) is 21.0. The molecule has 2 amide bonds. The molecule has 3 aromatic rings. The van der Waals surface area contributed by atoms with Crippen LogP contribution in [0.1, 0.15) is 52.2 Å². The van der Waals surface area contributed by atoms with E-state index in [4.69, 9.17) is 18.9 Å². The molecule has 190 valence electrons. The van der Waals surface area contributed by atoms with E-state index in [2.05, 4.69) is 17.6 Å². The minimum Gasteiger partial charge on any atom is -0.497 e. The number of amides is 2. The molecule has 8 nitrogen and oxygen atoms in total. The van der Waals surface area contributed by atoms with Gasteiger partial charge in [0, 0.05) is 11.1 Å². The Balaban J connectivity index is 1.89. The maximum Gasteiger partial charge on any atom is 0.253 e. The van der Waals surface area contributed by atoms with Crippen LogP contribution in [0.15, 0.2) is 66.7 Å². The van der Waals surface area contributed by atoms with Crippen LogP contribution in [0.25, 0.3) is 0 Å². The Hall–Kier alpha value is -4.20. The molecule has 2 N–H and O–H groups in total. The van der Waals surface area contributed by atoms with E-state index in [0.717, 1.165) is 12.8 Å². The highest BCUT2D eigenvalue weighted by molar-refractivity contribution is 5.97. The van der Waals surface area contributed by atoms with Crippen LogP contribution in [0, 0.1) is 0 Å². The predicted molar refractivity (Wildman–Crippen MR) is 137 cm³/mol. The van der Waals surface area contributed by atoms with Crippen LogP contribution >= 0.6 is 0 Å². The number of ether oxygens (including phenoxy) is 4. The molecule has 3 rings (SSSR count). The smallest absolute Gasteiger partial charge is 0.253 e. The zero-order chi connectivity index (χ0) is 25.9. The summed E-state index contributed by atoms with van der Waals surface area (Å²) in [6, 6.07) is 18.7. The van der Waals surface area contributed by atoms with Crippen molar-refractivity contribution >= 4 is 11.8 Å². The number of carbonyl (C=O) groups excluding carboxylic acids is 2. The maximum atomic E-state index is 13.1. The normalized spacial score (nSPS) is 10.5. The van der Waals surface area contributed by atoms with Crippen molar-refractivity contribution in [2.24, 2.45) is 0 Å². The van der Waals surface area contributed by atoms with Gasteiger partial charge in [0.15, 0.2) is 11.5 Å². The lowest BCUT2D eigenvalue weighted by Crippen LogP contribution is -2.41. The van der Waals surface area contributed by atoms with E-state index in [1.807, 2.05) is 0 Å². The standard InChI is InChI=1S/C28H32N2O6/c1-5-6-17-36-25-18-21(11-16-24(25)35-4)26(29-27(31)19-7-12-22(33-2)13-8-19)30-28(32)20-9-14-23(34-3)15-10-20/h7-16,18,26H,5-6,17H2,1-4H3,(H,29,31)(H,30,32). The highest BCUT2D eigenvalue weighted by Gasteiger charge is 2.21. The van der Waals surface area contributed by atoms with Crippen LogP contribution in [0.4, 0.5) is 0 Å². The molecule has 0 aliphatic carbocycles. The Kier molecular flexibility index (Phi) is 9.56. The van der Waals surface area contributed by atoms with Gasteiger partial charge in [-0.25, -0.2) is 0 Å². The number of unbranched alkanes of at least 4 members (excludes halogenated alkanes) is 1. The van der Waals surface area contributed by atoms with Gasteiger partial charge in [0.25, 0.3) is 11.8 Å². The molecule has 0 spiro atoms. The monoisotopic (exact) mass is 492 g/mol. The highest BCUT2D eigenvalue weighted by atomic mass is 16.5. The molecule has 3 aromatic carbocycles. The summed E-state index contributed by atoms with van der Waals surface area (Å²) < 4.78 is 21.7. The Labute approximate surface area is 211 Å². The topological polar surface area (TPSA) is 95.1 Å². The van der Waals surface area contributed by atoms with Gasteiger partial charge < -0.3 is 29.6 Å². The third-order valence-corrected chi connectivity index (χ3v) is 5.53. The van der Waals surface area contributed by atoms with Crippen molar-refractivity contribution in [2.45, 2.75) is 25.9 Å². The van der Waals surface area contributed by atoms with Gasteiger partial charge in [0.2, 0.25) is 0 Å². The fourth-order valence-electron chi connectivity index (χ4n) is 3.43. The Bertz CT molecular complexity index is 1080. The second kappa shape index (κ2) is 13.0. The van der Waals surface area contributed by atoms with Gasteiger partial charge in [-0.1, -0.05) is 19.4 Å². The second-order valence-electron chi connectivity index (χ2n) is 7.95. The van der Waals surface area contributed by atoms with Gasteiger partial charge in [0.05, 0.1) is 27.9 Å². The molecule has 0 unspecified atom stereocenters. The lowest BCUT2D eigenvalue weighted by molar-refractivity contribution is 0.0883. The van der Waals surface area contributed by atoms with Crippen LogP contribution in [0.5, 0.6) is 23.0 Å². The number of rotatable bonds is 12. The van der Waals surface area contributed by atoms with Gasteiger partial charge in [-0.05, 0) is 72.6 Å². The van der Waals surface area contributed by atoms with Crippen molar-refractivity contribution in [3.63, 3.8) is 0 Å². The largest absolute Gasteiger partial charge is 0.497 e. The molecule has 0 aromatic heterocycles. The van der Waals surface area contributed by atoms with Gasteiger partial charge >= 0.3 is 0 Å². The number of benzene rings is 3. The lowest BCUT2D eigenvalue weighted by Gasteiger charge is -2.22. The number of hydrogen-bond acceptors (Lipinski definition) is 6. The first kappa shape index (κ1) is 26.4. The van der Waals surface area contributed by atoms with E-state index in [1.165, 1.54) is 0 Å². The summed E-state index contributed by atoms with van der Waals surface area (Å²) in [6.07, 6.45) is 1.04. The fourth-order valence-corrected chi connectivity index (χ4v) is 3.43. The molecule has 0 fully saturated rings. The zero-order valence-electron chi connectivity index (χ0n) is 21.0. The minimum absolute atomic E-state index is 0.359. The Morgan fingerprint density at radius 2 is 1.25 bits per heavy atom. The Morgan fingerprint density at radius 3 is 1.69 bits per heavy atom. The summed E-state index contributed by atoms with van der Waals surface area (Å²) in [7, 11) is 4.68. The third-order valence-electron chi connectivity index (χ3n) is 5.53. The van der Waals surface area contributed by atoms with E-state index >= 15 is 0 Å². The van der Waals surface area contributed by atoms with Crippen LogP contribution in [-0.2, 0) is 0 Å². The van der Waals surface area contributed by atoms with Crippen molar-refractivity contribution in [1.82, 2.24) is 10.6 Å². The molecule has 0 atom stereocenters. The van der Waals surface area contributed by atoms with Crippen LogP contribution < -0.4 is 29.6 Å². The quantitative estimate of drug-likeness (QED) is 0.280. The van der Waals surface area contributed by atoms with Crippen molar-refractivity contribution in [2.75, 3.05) is 27.9 Å². The van der Waals surface area contributed by atoms with E-state index in [9.17, 15) is 9.59 Å². The number of methoxy groups -OCH3 is 3. The molecule has 0 saturated carbocycles. The molecule has 36 heavy (non-hydrogen) atoms. The van der Waals surface area contributed by atoms with E-state index in [-0.39, 0.29) is 11.8 Å². The molecule has 0 radical (unpaired) electrons. The molecule has 0 aliphatic heterocycles. The first-order valence-electron chi connectivity index (χ1n) is 11.7. The molecule has 0 aliphatic rings. The van der Waals surface area contributed by atoms with E-state index in [1.54, 1.807) is 88.1 Å². The summed E-state index contributed by atoms with van der Waals surface area (Å²) in [5, 5.41) is 5.82. The highest BCUT2D eigenvalue weighted by Crippen LogP contribution is 2.30. The fraction of sp³-hybridized carbons (Fsp3) is 0.286. The molecular weight excluding hydrogens is 460 g/mol. The van der Waals surface area contributed by atoms with E-state index in [0.29, 0.717) is 46.3 Å². The lowest BCUT2D eigenvalue weighted by atomic mass is 10.1. The molecular formula is C28H32N2O6. The average Bonchev–Trinajstić information content (AvgIpc) is 2.92. The second-order valence-corrected chi connectivity index (χ2v) is 7.95. The van der Waals surface area contributed by atoms with E-state index < -0.39 is 6.17 Å². The first-order valence-corrected chi connectivity index (χ1v) is 11.7. The Morgan fingerprint density at radius 1 is 0.722 bits per heavy atom. The summed E-state index contributed by atoms with van der Waals surface area (Å²) in [5.41, 5.74) is 1.48. The predicted octanol–water partition coefficient (Wildman–Crippen LogP) is 4.75. The summed E-state index contributed by atoms with van der Waals surface area (Å²) >= 11 is 0. The van der Waals surface area contributed by atoms with Crippen molar-refractivity contribution in [1.29, 1.82) is 0 Å². The van der Waals surface area contributed by atoms with Gasteiger partial charge in [-0.3, -0.25) is 9.59 Å². The minimum atomic E-state index is -0.839. The summed E-state index contributed by atoms with van der Waals surface area (Å²) in [6.45, 7) is 2.61. The summed E-state index contributed by atoms with van der Waals surface area (Å²) in [4.78, 5) is 26.1. The van der Waals surface area contributed by atoms with Gasteiger partial charge in [-0.2, -0.15) is 0 Å². The maximum absolute atomic E-state index is 13.1. The van der Waals surface area contributed by atoms with Crippen LogP contribution in [-0.4, -0.2) is 39.8 Å². The van der Waals surface area contributed by atoms with Crippen LogP contribution in [0.3, 0.4) is 0 Å². The number of hydrogen-bond donors (Lipinski definition) is 2. The molecule has 0 heterocycles. The molecule has 0 saturated heterocycles. The first-order chi connectivity index (χ1) is 17.5. The van der Waals surface area contributed by atoms with Crippen molar-refractivity contribution in [3.8, 4) is 23.0 Å². The SMILES string of the molecule is CCCCOc1cc(C(NC(=O)c2ccc(OC)cc2)NC(=O)c2ccc(OC)cc2)ccc1OC. The number of carbonyl (C=O) groups is 2. The third kappa shape index (κ3) is 6.91. The average molecular weight is 493 g/mol. The molecule has 8 heteroatoms. The van der Waals surface area contributed by atoms with Gasteiger partial charge in [0.1, 0.15) is 17.7 Å².